The summed E-state index contributed by atoms with van der Waals surface area (Å²) in [6, 6.07) is 1.89. The highest BCUT2D eigenvalue weighted by molar-refractivity contribution is 5.30. The summed E-state index contributed by atoms with van der Waals surface area (Å²) in [6.07, 6.45) is 2.23. The van der Waals surface area contributed by atoms with E-state index in [1.165, 1.54) is 0 Å². The minimum atomic E-state index is 0.146. The Balaban J connectivity index is 2.02. The van der Waals surface area contributed by atoms with E-state index < -0.39 is 0 Å². The van der Waals surface area contributed by atoms with Crippen LogP contribution in [0.15, 0.2) is 6.07 Å². The Morgan fingerprint density at radius 2 is 2.31 bits per heavy atom. The van der Waals surface area contributed by atoms with E-state index in [-0.39, 0.29) is 6.17 Å². The predicted octanol–water partition coefficient (Wildman–Crippen LogP) is -0.256. The van der Waals surface area contributed by atoms with Crippen molar-refractivity contribution in [2.75, 3.05) is 12.3 Å². The van der Waals surface area contributed by atoms with Crippen molar-refractivity contribution in [3.63, 3.8) is 0 Å². The van der Waals surface area contributed by atoms with E-state index in [0.717, 1.165) is 25.1 Å². The monoisotopic (exact) mass is 181 g/mol. The quantitative estimate of drug-likeness (QED) is 0.480. The number of nitrogens with one attached hydrogen (secondary N) is 2. The summed E-state index contributed by atoms with van der Waals surface area (Å²) >= 11 is 0. The number of H-pyrrole nitrogens is 1. The van der Waals surface area contributed by atoms with Crippen LogP contribution < -0.4 is 16.8 Å². The van der Waals surface area contributed by atoms with E-state index in [9.17, 15) is 0 Å². The van der Waals surface area contributed by atoms with Crippen LogP contribution >= 0.6 is 0 Å². The van der Waals surface area contributed by atoms with Crippen LogP contribution in [0.4, 0.5) is 5.82 Å². The van der Waals surface area contributed by atoms with Crippen LogP contribution in [-0.2, 0) is 0 Å². The smallest absolute Gasteiger partial charge is 0.119 e. The van der Waals surface area contributed by atoms with Crippen LogP contribution in [0.25, 0.3) is 0 Å². The van der Waals surface area contributed by atoms with E-state index in [4.69, 9.17) is 11.5 Å². The zero-order valence-electron chi connectivity index (χ0n) is 7.46. The molecule has 5 heteroatoms. The molecule has 0 radical (unpaired) electrons. The highest BCUT2D eigenvalue weighted by Crippen LogP contribution is 2.23. The lowest BCUT2D eigenvalue weighted by atomic mass is 9.95. The molecular weight excluding hydrogens is 166 g/mol. The Morgan fingerprint density at radius 1 is 1.46 bits per heavy atom. The lowest BCUT2D eigenvalue weighted by Gasteiger charge is -2.25. The molecule has 0 aliphatic carbocycles. The molecule has 0 saturated carbocycles. The summed E-state index contributed by atoms with van der Waals surface area (Å²) in [5, 5.41) is 10.1. The lowest BCUT2D eigenvalue weighted by Crippen LogP contribution is -2.43. The molecule has 2 unspecified atom stereocenters. The second-order valence-corrected chi connectivity index (χ2v) is 3.54. The van der Waals surface area contributed by atoms with Gasteiger partial charge in [0.05, 0.1) is 11.9 Å². The average Bonchev–Trinajstić information content (AvgIpc) is 2.53. The highest BCUT2D eigenvalue weighted by atomic mass is 15.2. The van der Waals surface area contributed by atoms with Gasteiger partial charge < -0.3 is 16.8 Å². The van der Waals surface area contributed by atoms with Gasteiger partial charge in [-0.1, -0.05) is 0 Å². The normalized spacial score (nSPS) is 29.0. The molecule has 1 aromatic rings. The molecule has 0 aromatic carbocycles. The fourth-order valence-electron chi connectivity index (χ4n) is 1.69. The van der Waals surface area contributed by atoms with Crippen LogP contribution in [-0.4, -0.2) is 22.9 Å². The molecule has 2 heterocycles. The first kappa shape index (κ1) is 8.52. The lowest BCUT2D eigenvalue weighted by molar-refractivity contribution is 0.369. The molecule has 2 rings (SSSR count). The second-order valence-electron chi connectivity index (χ2n) is 3.54. The topological polar surface area (TPSA) is 92.8 Å². The van der Waals surface area contributed by atoms with Crippen LogP contribution in [0, 0.1) is 0 Å². The van der Waals surface area contributed by atoms with E-state index in [1.807, 2.05) is 6.07 Å². The SMILES string of the molecule is Nc1cc(C2CCC(N)NC2)n[nH]1. The first-order chi connectivity index (χ1) is 6.25. The molecule has 5 nitrogen and oxygen atoms in total. The Labute approximate surface area is 76.9 Å². The van der Waals surface area contributed by atoms with E-state index in [2.05, 4.69) is 15.5 Å². The number of anilines is 1. The summed E-state index contributed by atoms with van der Waals surface area (Å²) in [4.78, 5) is 0. The summed E-state index contributed by atoms with van der Waals surface area (Å²) in [6.45, 7) is 0.894. The van der Waals surface area contributed by atoms with Gasteiger partial charge in [-0.3, -0.25) is 5.10 Å². The van der Waals surface area contributed by atoms with Crippen molar-refractivity contribution in [1.82, 2.24) is 15.5 Å². The largest absolute Gasteiger partial charge is 0.384 e. The minimum Gasteiger partial charge on any atom is -0.384 e. The number of nitrogen functional groups attached to an aromatic ring is 1. The molecule has 1 aliphatic rings. The van der Waals surface area contributed by atoms with Crippen molar-refractivity contribution >= 4 is 5.82 Å². The number of aromatic nitrogens is 2. The van der Waals surface area contributed by atoms with Crippen LogP contribution in [0.1, 0.15) is 24.5 Å². The maximum absolute atomic E-state index is 5.72. The van der Waals surface area contributed by atoms with Crippen molar-refractivity contribution in [3.05, 3.63) is 11.8 Å². The van der Waals surface area contributed by atoms with E-state index >= 15 is 0 Å². The van der Waals surface area contributed by atoms with Gasteiger partial charge in [0.1, 0.15) is 5.82 Å². The first-order valence-corrected chi connectivity index (χ1v) is 4.55. The van der Waals surface area contributed by atoms with Gasteiger partial charge in [0.25, 0.3) is 0 Å². The van der Waals surface area contributed by atoms with Crippen LogP contribution in [0.3, 0.4) is 0 Å². The molecule has 1 saturated heterocycles. The van der Waals surface area contributed by atoms with Crippen molar-refractivity contribution in [2.24, 2.45) is 5.73 Å². The number of rotatable bonds is 1. The van der Waals surface area contributed by atoms with Gasteiger partial charge in [-0.15, -0.1) is 0 Å². The van der Waals surface area contributed by atoms with Gasteiger partial charge in [-0.05, 0) is 12.8 Å². The molecule has 0 amide bonds. The summed E-state index contributed by atoms with van der Waals surface area (Å²) < 4.78 is 0. The summed E-state index contributed by atoms with van der Waals surface area (Å²) in [7, 11) is 0. The maximum atomic E-state index is 5.72. The van der Waals surface area contributed by atoms with Crippen molar-refractivity contribution < 1.29 is 0 Å². The number of nitrogens with two attached hydrogens (primary N) is 2. The Bertz CT molecular complexity index is 274. The minimum absolute atomic E-state index is 0.146. The summed E-state index contributed by atoms with van der Waals surface area (Å²) in [5.74, 6) is 1.08. The van der Waals surface area contributed by atoms with Gasteiger partial charge in [0, 0.05) is 18.5 Å². The third kappa shape index (κ3) is 1.81. The zero-order chi connectivity index (χ0) is 9.26. The van der Waals surface area contributed by atoms with Crippen molar-refractivity contribution in [2.45, 2.75) is 24.9 Å². The number of hydrogen-bond acceptors (Lipinski definition) is 4. The summed E-state index contributed by atoms with van der Waals surface area (Å²) in [5.41, 5.74) is 12.3. The fraction of sp³-hybridized carbons (Fsp3) is 0.625. The third-order valence-corrected chi connectivity index (χ3v) is 2.49. The molecule has 1 fully saturated rings. The number of nitrogens with zero attached hydrogens (tertiary/aromatic N) is 1. The molecule has 0 spiro atoms. The Hall–Kier alpha value is -1.07. The van der Waals surface area contributed by atoms with Crippen LogP contribution in [0.5, 0.6) is 0 Å². The number of hydrogen-bond donors (Lipinski definition) is 4. The average molecular weight is 181 g/mol. The molecule has 72 valence electrons. The van der Waals surface area contributed by atoms with E-state index in [1.54, 1.807) is 0 Å². The van der Waals surface area contributed by atoms with Gasteiger partial charge in [0.2, 0.25) is 0 Å². The van der Waals surface area contributed by atoms with Gasteiger partial charge in [-0.2, -0.15) is 5.10 Å². The van der Waals surface area contributed by atoms with Crippen LogP contribution in [0.2, 0.25) is 0 Å². The predicted molar refractivity (Wildman–Crippen MR) is 51.0 cm³/mol. The van der Waals surface area contributed by atoms with Gasteiger partial charge >= 0.3 is 0 Å². The fourth-order valence-corrected chi connectivity index (χ4v) is 1.69. The molecule has 6 N–H and O–H groups in total. The maximum Gasteiger partial charge on any atom is 0.119 e. The molecule has 1 aliphatic heterocycles. The van der Waals surface area contributed by atoms with Crippen molar-refractivity contribution in [1.29, 1.82) is 0 Å². The van der Waals surface area contributed by atoms with E-state index in [0.29, 0.717) is 11.7 Å². The zero-order valence-corrected chi connectivity index (χ0v) is 7.46. The Kier molecular flexibility index (Phi) is 2.20. The van der Waals surface area contributed by atoms with Gasteiger partial charge in [-0.25, -0.2) is 0 Å². The number of piperidine rings is 1. The number of aromatic amines is 1. The molecular formula is C8H15N5. The standard InChI is InChI=1S/C8H15N5/c9-7-2-1-5(4-11-7)6-3-8(10)13-12-6/h3,5,7,11H,1-2,4,9H2,(H3,10,12,13). The Morgan fingerprint density at radius 3 is 2.85 bits per heavy atom. The molecule has 0 bridgehead atoms. The first-order valence-electron chi connectivity index (χ1n) is 4.55. The molecule has 2 atom stereocenters. The third-order valence-electron chi connectivity index (χ3n) is 2.49. The van der Waals surface area contributed by atoms with Gasteiger partial charge in [0.15, 0.2) is 0 Å². The second kappa shape index (κ2) is 3.35. The highest BCUT2D eigenvalue weighted by Gasteiger charge is 2.20. The molecule has 13 heavy (non-hydrogen) atoms. The van der Waals surface area contributed by atoms with Crippen molar-refractivity contribution in [3.8, 4) is 0 Å². The molecule has 1 aromatic heterocycles.